The molecule has 8 heteroatoms. The number of aliphatic hydroxyl groups is 5. The van der Waals surface area contributed by atoms with Gasteiger partial charge in [0.05, 0.1) is 31.5 Å². The maximum Gasteiger partial charge on any atom is 0.145 e. The molecular formula is C35H57NO7. The summed E-state index contributed by atoms with van der Waals surface area (Å²) < 4.78 is 5.78. The Morgan fingerprint density at radius 1 is 1.26 bits per heavy atom. The van der Waals surface area contributed by atoms with Crippen molar-refractivity contribution in [2.24, 2.45) is 17.3 Å². The molecule has 2 aliphatic carbocycles. The van der Waals surface area contributed by atoms with Gasteiger partial charge in [-0.1, -0.05) is 54.5 Å². The molecule has 8 nitrogen and oxygen atoms in total. The molecule has 0 heterocycles. The molecule has 2 rings (SSSR count). The van der Waals surface area contributed by atoms with Gasteiger partial charge in [-0.25, -0.2) is 0 Å². The highest BCUT2D eigenvalue weighted by molar-refractivity contribution is 5.74. The molecule has 2 aliphatic rings. The van der Waals surface area contributed by atoms with Crippen molar-refractivity contribution in [3.63, 3.8) is 0 Å². The molecule has 2 saturated carbocycles. The van der Waals surface area contributed by atoms with Crippen LogP contribution in [0.3, 0.4) is 0 Å². The normalized spacial score (nSPS) is 30.3. The standard InChI is InChI=1S/C35H57NO7/c1-6-36-20-26(3)12-7-10-25(2)11-8-13-28(23-43-24-29(40)22-39)31-16-18-35(33(31)41)32(14-9-19-37)30(27(4)21-38)15-17-34(35,5)42/h8,11-13,21,29,31-33,36-37,39-42H,2,6-7,9-10,14-20,22-24H2,1,3-5H3. The quantitative estimate of drug-likeness (QED) is 0.0600. The van der Waals surface area contributed by atoms with Crippen LogP contribution in [0.2, 0.25) is 0 Å². The summed E-state index contributed by atoms with van der Waals surface area (Å²) in [7, 11) is 0. The number of carbonyl (C=O) groups is 1. The molecule has 0 aromatic heterocycles. The third-order valence-corrected chi connectivity index (χ3v) is 9.56. The first-order chi connectivity index (χ1) is 20.5. The van der Waals surface area contributed by atoms with Crippen LogP contribution in [0.25, 0.3) is 0 Å². The van der Waals surface area contributed by atoms with Gasteiger partial charge in [-0.3, -0.25) is 4.79 Å². The van der Waals surface area contributed by atoms with Gasteiger partial charge >= 0.3 is 0 Å². The maximum absolute atomic E-state index is 12.1. The van der Waals surface area contributed by atoms with E-state index in [1.165, 1.54) is 5.57 Å². The first kappa shape index (κ1) is 37.3. The number of aldehydes is 1. The molecule has 0 radical (unpaired) electrons. The first-order valence-electron chi connectivity index (χ1n) is 15.9. The van der Waals surface area contributed by atoms with Gasteiger partial charge in [-0.05, 0) is 95.7 Å². The lowest BCUT2D eigenvalue weighted by molar-refractivity contribution is -0.167. The SMILES string of the molecule is C=C(C=CC=C(COCC(O)CO)C1CCC2(C(CCCO)C(=C(C)C=O)CCC2(C)O)C1O)CCC=C(C)CNCC. The number of ether oxygens (including phenoxy) is 1. The summed E-state index contributed by atoms with van der Waals surface area (Å²) in [5, 5.41) is 56.0. The van der Waals surface area contributed by atoms with Crippen molar-refractivity contribution in [2.45, 2.75) is 96.9 Å². The van der Waals surface area contributed by atoms with E-state index in [-0.39, 0.29) is 31.7 Å². The zero-order valence-corrected chi connectivity index (χ0v) is 26.9. The number of carbonyl (C=O) groups excluding carboxylic acids is 1. The second-order valence-corrected chi connectivity index (χ2v) is 12.6. The fourth-order valence-corrected chi connectivity index (χ4v) is 7.10. The summed E-state index contributed by atoms with van der Waals surface area (Å²) in [6.45, 7) is 13.5. The highest BCUT2D eigenvalue weighted by Crippen LogP contribution is 2.62. The van der Waals surface area contributed by atoms with Gasteiger partial charge in [0.15, 0.2) is 0 Å². The number of hydrogen-bond acceptors (Lipinski definition) is 8. The molecule has 0 aliphatic heterocycles. The van der Waals surface area contributed by atoms with Crippen LogP contribution in [0.1, 0.15) is 79.1 Å². The molecule has 0 amide bonds. The Balaban J connectivity index is 2.36. The topological polar surface area (TPSA) is 139 Å². The minimum absolute atomic E-state index is 0.00644. The predicted molar refractivity (Wildman–Crippen MR) is 171 cm³/mol. The van der Waals surface area contributed by atoms with Gasteiger partial charge in [-0.2, -0.15) is 0 Å². The molecule has 6 N–H and O–H groups in total. The number of aliphatic hydroxyl groups excluding tert-OH is 4. The summed E-state index contributed by atoms with van der Waals surface area (Å²) in [6.07, 6.45) is 11.9. The van der Waals surface area contributed by atoms with Crippen molar-refractivity contribution in [1.82, 2.24) is 5.32 Å². The van der Waals surface area contributed by atoms with Gasteiger partial charge in [0.1, 0.15) is 12.4 Å². The van der Waals surface area contributed by atoms with Crippen LogP contribution in [0.15, 0.2) is 58.7 Å². The Labute approximate surface area is 258 Å². The summed E-state index contributed by atoms with van der Waals surface area (Å²) >= 11 is 0. The smallest absolute Gasteiger partial charge is 0.145 e. The number of nitrogens with one attached hydrogen (secondary N) is 1. The second kappa shape index (κ2) is 18.2. The van der Waals surface area contributed by atoms with Crippen LogP contribution in [0, 0.1) is 17.3 Å². The van der Waals surface area contributed by atoms with Crippen molar-refractivity contribution in [3.8, 4) is 0 Å². The molecular weight excluding hydrogens is 546 g/mol. The van der Waals surface area contributed by atoms with E-state index in [0.29, 0.717) is 44.1 Å². The summed E-state index contributed by atoms with van der Waals surface area (Å²) in [5.74, 6) is -0.564. The summed E-state index contributed by atoms with van der Waals surface area (Å²) in [4.78, 5) is 11.8. The summed E-state index contributed by atoms with van der Waals surface area (Å²) in [6, 6.07) is 0. The van der Waals surface area contributed by atoms with E-state index >= 15 is 0 Å². The third-order valence-electron chi connectivity index (χ3n) is 9.56. The molecule has 244 valence electrons. The first-order valence-corrected chi connectivity index (χ1v) is 15.9. The molecule has 6 unspecified atom stereocenters. The van der Waals surface area contributed by atoms with Gasteiger partial charge in [0.25, 0.3) is 0 Å². The largest absolute Gasteiger partial charge is 0.396 e. The zero-order chi connectivity index (χ0) is 32.0. The molecule has 0 aromatic carbocycles. The van der Waals surface area contributed by atoms with Crippen molar-refractivity contribution in [2.75, 3.05) is 39.5 Å². The Morgan fingerprint density at radius 2 is 2.00 bits per heavy atom. The van der Waals surface area contributed by atoms with Crippen molar-refractivity contribution in [3.05, 3.63) is 58.7 Å². The fraction of sp³-hybridized carbons (Fsp3) is 0.686. The fourth-order valence-electron chi connectivity index (χ4n) is 7.10. The number of rotatable bonds is 18. The Kier molecular flexibility index (Phi) is 15.7. The van der Waals surface area contributed by atoms with E-state index in [9.17, 15) is 30.3 Å². The number of hydrogen-bond donors (Lipinski definition) is 6. The average Bonchev–Trinajstić information content (AvgIpc) is 3.33. The highest BCUT2D eigenvalue weighted by Gasteiger charge is 2.63. The minimum atomic E-state index is -1.17. The van der Waals surface area contributed by atoms with E-state index in [4.69, 9.17) is 4.74 Å². The van der Waals surface area contributed by atoms with E-state index in [1.807, 2.05) is 18.2 Å². The van der Waals surface area contributed by atoms with Crippen molar-refractivity contribution >= 4 is 6.29 Å². The van der Waals surface area contributed by atoms with Crippen molar-refractivity contribution < 1.29 is 35.1 Å². The van der Waals surface area contributed by atoms with Gasteiger partial charge in [0, 0.05) is 24.5 Å². The Bertz CT molecular complexity index is 1030. The Morgan fingerprint density at radius 3 is 2.65 bits per heavy atom. The molecule has 2 fully saturated rings. The van der Waals surface area contributed by atoms with Crippen LogP contribution >= 0.6 is 0 Å². The molecule has 6 atom stereocenters. The van der Waals surface area contributed by atoms with Crippen molar-refractivity contribution in [1.29, 1.82) is 0 Å². The summed E-state index contributed by atoms with van der Waals surface area (Å²) in [5.41, 5.74) is 2.64. The Hall–Kier alpha value is -1.91. The molecule has 0 aromatic rings. The number of likely N-dealkylation sites (N-methyl/N-ethyl adjacent to an activating group) is 1. The highest BCUT2D eigenvalue weighted by atomic mass is 16.5. The maximum atomic E-state index is 12.1. The lowest BCUT2D eigenvalue weighted by atomic mass is 9.52. The second-order valence-electron chi connectivity index (χ2n) is 12.6. The zero-order valence-electron chi connectivity index (χ0n) is 26.9. The lowest BCUT2D eigenvalue weighted by Gasteiger charge is -2.55. The minimum Gasteiger partial charge on any atom is -0.396 e. The van der Waals surface area contributed by atoms with Crippen LogP contribution in [0.4, 0.5) is 0 Å². The van der Waals surface area contributed by atoms with Gasteiger partial charge in [0.2, 0.25) is 0 Å². The third kappa shape index (κ3) is 9.79. The van der Waals surface area contributed by atoms with Gasteiger partial charge < -0.3 is 35.6 Å². The monoisotopic (exact) mass is 603 g/mol. The average molecular weight is 604 g/mol. The van der Waals surface area contributed by atoms with Crippen LogP contribution < -0.4 is 5.32 Å². The van der Waals surface area contributed by atoms with E-state index in [1.54, 1.807) is 13.8 Å². The molecule has 0 saturated heterocycles. The van der Waals surface area contributed by atoms with E-state index in [2.05, 4.69) is 31.8 Å². The van der Waals surface area contributed by atoms with Crippen LogP contribution in [-0.4, -0.2) is 89.1 Å². The molecule has 0 bridgehead atoms. The van der Waals surface area contributed by atoms with Crippen LogP contribution in [-0.2, 0) is 9.53 Å². The van der Waals surface area contributed by atoms with E-state index in [0.717, 1.165) is 48.9 Å². The lowest BCUT2D eigenvalue weighted by Crippen LogP contribution is -2.59. The van der Waals surface area contributed by atoms with E-state index < -0.39 is 29.8 Å². The van der Waals surface area contributed by atoms with Crippen LogP contribution in [0.5, 0.6) is 0 Å². The van der Waals surface area contributed by atoms with Gasteiger partial charge in [-0.15, -0.1) is 0 Å². The molecule has 1 spiro atoms. The molecule has 43 heavy (non-hydrogen) atoms. The number of allylic oxidation sites excluding steroid dienone is 7. The predicted octanol–water partition coefficient (Wildman–Crippen LogP) is 3.94.